The maximum Gasteiger partial charge on any atom is 0.241 e. The van der Waals surface area contributed by atoms with E-state index in [1.54, 1.807) is 43.3 Å². The molecule has 0 aromatic heterocycles. The Morgan fingerprint density at radius 2 is 1.96 bits per heavy atom. The molecule has 0 radical (unpaired) electrons. The summed E-state index contributed by atoms with van der Waals surface area (Å²) in [4.78, 5) is 38.6. The Balaban J connectivity index is 1.80. The Morgan fingerprint density at radius 1 is 1.25 bits per heavy atom. The average Bonchev–Trinajstić information content (AvgIpc) is 3.13. The van der Waals surface area contributed by atoms with E-state index in [4.69, 9.17) is 4.74 Å². The van der Waals surface area contributed by atoms with Crippen LogP contribution in [-0.4, -0.2) is 40.5 Å². The summed E-state index contributed by atoms with van der Waals surface area (Å²) >= 11 is 0. The smallest absolute Gasteiger partial charge is 0.241 e. The molecule has 6 heteroatoms. The highest BCUT2D eigenvalue weighted by atomic mass is 16.5. The molecule has 0 aliphatic carbocycles. The van der Waals surface area contributed by atoms with Crippen molar-refractivity contribution in [1.29, 1.82) is 0 Å². The summed E-state index contributed by atoms with van der Waals surface area (Å²) in [5, 5.41) is 9.78. The Labute approximate surface area is 138 Å². The van der Waals surface area contributed by atoms with E-state index >= 15 is 0 Å². The number of carbonyl (C=O) groups excluding carboxylic acids is 3. The zero-order chi connectivity index (χ0) is 17.3. The SMILES string of the molecule is CC(=O)c1cccc(N2C(=O)[C@@H]3[C@H](C2=O)[C@@]2(C)C=C[C@@]3(CO)O2)c1. The monoisotopic (exact) mass is 327 g/mol. The summed E-state index contributed by atoms with van der Waals surface area (Å²) in [7, 11) is 0. The predicted molar refractivity (Wildman–Crippen MR) is 84.4 cm³/mol. The Bertz CT molecular complexity index is 815. The van der Waals surface area contributed by atoms with Gasteiger partial charge in [-0.3, -0.25) is 14.4 Å². The summed E-state index contributed by atoms with van der Waals surface area (Å²) in [6, 6.07) is 6.47. The highest BCUT2D eigenvalue weighted by Gasteiger charge is 2.72. The number of ketones is 1. The van der Waals surface area contributed by atoms with Crippen LogP contribution in [0.25, 0.3) is 0 Å². The minimum atomic E-state index is -1.14. The lowest BCUT2D eigenvalue weighted by molar-refractivity contribution is -0.131. The molecule has 24 heavy (non-hydrogen) atoms. The molecular formula is C18H17NO5. The third-order valence-corrected chi connectivity index (χ3v) is 5.31. The van der Waals surface area contributed by atoms with Gasteiger partial charge in [0.1, 0.15) is 5.60 Å². The van der Waals surface area contributed by atoms with Crippen molar-refractivity contribution >= 4 is 23.3 Å². The molecule has 1 aromatic rings. The van der Waals surface area contributed by atoms with Crippen LogP contribution in [0.3, 0.4) is 0 Å². The van der Waals surface area contributed by atoms with Crippen molar-refractivity contribution in [2.24, 2.45) is 11.8 Å². The molecule has 2 bridgehead atoms. The topological polar surface area (TPSA) is 83.9 Å². The summed E-state index contributed by atoms with van der Waals surface area (Å²) in [5.74, 6) is -2.30. The number of anilines is 1. The highest BCUT2D eigenvalue weighted by Crippen LogP contribution is 2.57. The van der Waals surface area contributed by atoms with E-state index in [1.165, 1.54) is 6.92 Å². The van der Waals surface area contributed by atoms with Gasteiger partial charge in [0.05, 0.1) is 29.7 Å². The number of hydrogen-bond donors (Lipinski definition) is 1. The molecule has 0 unspecified atom stereocenters. The van der Waals surface area contributed by atoms with Crippen LogP contribution in [0.15, 0.2) is 36.4 Å². The first-order valence-electron chi connectivity index (χ1n) is 7.83. The van der Waals surface area contributed by atoms with Crippen molar-refractivity contribution in [3.63, 3.8) is 0 Å². The van der Waals surface area contributed by atoms with E-state index in [2.05, 4.69) is 0 Å². The standard InChI is InChI=1S/C18H17NO5/c1-10(21)11-4-3-5-12(8-11)19-15(22)13-14(16(19)23)18(9-20)7-6-17(13,2)24-18/h3-8,13-14,20H,9H2,1-2H3/t13-,14+,17-,18+/m1/s1. The van der Waals surface area contributed by atoms with Gasteiger partial charge in [0.25, 0.3) is 0 Å². The summed E-state index contributed by atoms with van der Waals surface area (Å²) in [6.07, 6.45) is 3.44. The molecule has 6 nitrogen and oxygen atoms in total. The van der Waals surface area contributed by atoms with Gasteiger partial charge in [-0.1, -0.05) is 24.3 Å². The number of nitrogens with zero attached hydrogens (tertiary/aromatic N) is 1. The molecule has 4 atom stereocenters. The van der Waals surface area contributed by atoms with Gasteiger partial charge in [-0.05, 0) is 26.0 Å². The maximum atomic E-state index is 13.0. The van der Waals surface area contributed by atoms with Crippen molar-refractivity contribution in [3.05, 3.63) is 42.0 Å². The second-order valence-corrected chi connectivity index (χ2v) is 6.81. The Kier molecular flexibility index (Phi) is 2.93. The van der Waals surface area contributed by atoms with Crippen molar-refractivity contribution < 1.29 is 24.2 Å². The molecule has 2 fully saturated rings. The first-order chi connectivity index (χ1) is 11.3. The number of Topliss-reactive ketones (excluding diaryl/α,β-unsaturated/α-hetero) is 1. The molecule has 0 saturated carbocycles. The number of fused-ring (bicyclic) bond motifs is 5. The van der Waals surface area contributed by atoms with Gasteiger partial charge in [0, 0.05) is 5.56 Å². The normalized spacial score (nSPS) is 36.5. The van der Waals surface area contributed by atoms with Crippen molar-refractivity contribution in [2.75, 3.05) is 11.5 Å². The number of amides is 2. The highest BCUT2D eigenvalue weighted by molar-refractivity contribution is 6.23. The van der Waals surface area contributed by atoms with Crippen LogP contribution in [0.4, 0.5) is 5.69 Å². The molecule has 3 aliphatic heterocycles. The van der Waals surface area contributed by atoms with E-state index in [0.717, 1.165) is 4.90 Å². The number of carbonyl (C=O) groups is 3. The molecule has 124 valence electrons. The van der Waals surface area contributed by atoms with Gasteiger partial charge < -0.3 is 9.84 Å². The quantitative estimate of drug-likeness (QED) is 0.510. The van der Waals surface area contributed by atoms with Crippen LogP contribution in [0, 0.1) is 11.8 Å². The largest absolute Gasteiger partial charge is 0.393 e. The van der Waals surface area contributed by atoms with Gasteiger partial charge in [-0.15, -0.1) is 0 Å². The number of aliphatic hydroxyl groups is 1. The molecule has 3 heterocycles. The summed E-state index contributed by atoms with van der Waals surface area (Å²) in [5.41, 5.74) is -1.22. The lowest BCUT2D eigenvalue weighted by Gasteiger charge is -2.27. The molecular weight excluding hydrogens is 310 g/mol. The zero-order valence-corrected chi connectivity index (χ0v) is 13.4. The minimum Gasteiger partial charge on any atom is -0.393 e. The molecule has 2 amide bonds. The second-order valence-electron chi connectivity index (χ2n) is 6.81. The fourth-order valence-corrected chi connectivity index (χ4v) is 4.16. The van der Waals surface area contributed by atoms with Crippen LogP contribution in [0.2, 0.25) is 0 Å². The maximum absolute atomic E-state index is 13.0. The van der Waals surface area contributed by atoms with Crippen LogP contribution >= 0.6 is 0 Å². The van der Waals surface area contributed by atoms with Crippen LogP contribution in [0.5, 0.6) is 0 Å². The van der Waals surface area contributed by atoms with Crippen molar-refractivity contribution in [2.45, 2.75) is 25.0 Å². The van der Waals surface area contributed by atoms with Crippen molar-refractivity contribution in [1.82, 2.24) is 0 Å². The van der Waals surface area contributed by atoms with Crippen molar-refractivity contribution in [3.8, 4) is 0 Å². The molecule has 2 saturated heterocycles. The van der Waals surface area contributed by atoms with Gasteiger partial charge in [0.15, 0.2) is 5.78 Å². The average molecular weight is 327 g/mol. The van der Waals surface area contributed by atoms with Crippen LogP contribution in [0.1, 0.15) is 24.2 Å². The third kappa shape index (κ3) is 1.70. The first-order valence-corrected chi connectivity index (χ1v) is 7.83. The number of ether oxygens (including phenoxy) is 1. The summed E-state index contributed by atoms with van der Waals surface area (Å²) < 4.78 is 5.87. The molecule has 3 aliphatic rings. The molecule has 1 aromatic carbocycles. The van der Waals surface area contributed by atoms with Gasteiger partial charge in [-0.2, -0.15) is 0 Å². The van der Waals surface area contributed by atoms with Gasteiger partial charge >= 0.3 is 0 Å². The summed E-state index contributed by atoms with van der Waals surface area (Å²) in [6.45, 7) is 2.83. The van der Waals surface area contributed by atoms with Crippen LogP contribution < -0.4 is 4.90 Å². The van der Waals surface area contributed by atoms with E-state index in [9.17, 15) is 19.5 Å². The number of benzene rings is 1. The molecule has 1 N–H and O–H groups in total. The van der Waals surface area contributed by atoms with E-state index in [-0.39, 0.29) is 18.3 Å². The zero-order valence-electron chi connectivity index (χ0n) is 13.4. The van der Waals surface area contributed by atoms with Gasteiger partial charge in [0.2, 0.25) is 11.8 Å². The van der Waals surface area contributed by atoms with E-state index < -0.39 is 28.9 Å². The predicted octanol–water partition coefficient (Wildman–Crippen LogP) is 1.08. The lowest BCUT2D eigenvalue weighted by Crippen LogP contribution is -2.43. The van der Waals surface area contributed by atoms with Crippen LogP contribution in [-0.2, 0) is 14.3 Å². The van der Waals surface area contributed by atoms with E-state index in [0.29, 0.717) is 11.3 Å². The molecule has 4 rings (SSSR count). The molecule has 0 spiro atoms. The number of hydrogen-bond acceptors (Lipinski definition) is 5. The minimum absolute atomic E-state index is 0.139. The Morgan fingerprint density at radius 3 is 2.62 bits per heavy atom. The second kappa shape index (κ2) is 4.62. The lowest BCUT2D eigenvalue weighted by atomic mass is 9.73. The number of rotatable bonds is 3. The van der Waals surface area contributed by atoms with E-state index in [1.807, 2.05) is 0 Å². The first kappa shape index (κ1) is 15.2. The van der Waals surface area contributed by atoms with Gasteiger partial charge in [-0.25, -0.2) is 4.90 Å². The fraction of sp³-hybridized carbons (Fsp3) is 0.389. The number of aliphatic hydroxyl groups excluding tert-OH is 1. The number of imide groups is 1. The third-order valence-electron chi connectivity index (χ3n) is 5.31. The Hall–Kier alpha value is -2.31. The fourth-order valence-electron chi connectivity index (χ4n) is 4.16.